The molecule has 108 valence electrons. The lowest BCUT2D eigenvalue weighted by molar-refractivity contribution is -0.122. The zero-order valence-electron chi connectivity index (χ0n) is 11.9. The largest absolute Gasteiger partial charge is 0.369 e. The van der Waals surface area contributed by atoms with E-state index < -0.39 is 0 Å². The molecule has 1 aliphatic heterocycles. The fourth-order valence-electron chi connectivity index (χ4n) is 2.62. The Morgan fingerprint density at radius 1 is 1.25 bits per heavy atom. The van der Waals surface area contributed by atoms with Crippen molar-refractivity contribution in [1.82, 2.24) is 4.90 Å². The van der Waals surface area contributed by atoms with E-state index in [2.05, 4.69) is 0 Å². The van der Waals surface area contributed by atoms with Gasteiger partial charge in [-0.15, -0.1) is 0 Å². The standard InChI is InChI=1S/C15H19ClN2O2/c1-8-4-11(13(16)5-9(8)2)15(20)18-6-10(3)12(7-18)14(17)19/h4-5,10,12H,6-7H2,1-3H3,(H2,17,19)/t10-,12-/m1/s1. The van der Waals surface area contributed by atoms with Crippen LogP contribution in [0, 0.1) is 25.7 Å². The molecule has 2 atom stereocenters. The summed E-state index contributed by atoms with van der Waals surface area (Å²) in [7, 11) is 0. The van der Waals surface area contributed by atoms with Gasteiger partial charge in [-0.1, -0.05) is 18.5 Å². The number of primary amides is 1. The molecular weight excluding hydrogens is 276 g/mol. The SMILES string of the molecule is Cc1cc(Cl)c(C(=O)N2C[C@@H](C)[C@H](C(N)=O)C2)cc1C. The molecular formula is C15H19ClN2O2. The molecule has 1 aromatic carbocycles. The predicted molar refractivity (Wildman–Crippen MR) is 78.7 cm³/mol. The third kappa shape index (κ3) is 2.66. The lowest BCUT2D eigenvalue weighted by Crippen LogP contribution is -2.32. The van der Waals surface area contributed by atoms with E-state index in [-0.39, 0.29) is 23.7 Å². The summed E-state index contributed by atoms with van der Waals surface area (Å²) in [6.07, 6.45) is 0. The molecule has 2 N–H and O–H groups in total. The van der Waals surface area contributed by atoms with Crippen LogP contribution >= 0.6 is 11.6 Å². The van der Waals surface area contributed by atoms with Crippen molar-refractivity contribution < 1.29 is 9.59 Å². The van der Waals surface area contributed by atoms with Crippen molar-refractivity contribution >= 4 is 23.4 Å². The second-order valence-electron chi connectivity index (χ2n) is 5.61. The van der Waals surface area contributed by atoms with Crippen LogP contribution in [0.2, 0.25) is 5.02 Å². The average Bonchev–Trinajstić information content (AvgIpc) is 2.75. The summed E-state index contributed by atoms with van der Waals surface area (Å²) in [4.78, 5) is 25.5. The molecule has 0 aliphatic carbocycles. The maximum Gasteiger partial charge on any atom is 0.255 e. The lowest BCUT2D eigenvalue weighted by Gasteiger charge is -2.17. The van der Waals surface area contributed by atoms with Crippen LogP contribution < -0.4 is 5.73 Å². The molecule has 0 aromatic heterocycles. The zero-order chi connectivity index (χ0) is 15.0. The molecule has 0 bridgehead atoms. The Morgan fingerprint density at radius 2 is 1.85 bits per heavy atom. The van der Waals surface area contributed by atoms with E-state index in [9.17, 15) is 9.59 Å². The Hall–Kier alpha value is -1.55. The van der Waals surface area contributed by atoms with Gasteiger partial charge in [0.2, 0.25) is 5.91 Å². The number of rotatable bonds is 2. The highest BCUT2D eigenvalue weighted by atomic mass is 35.5. The molecule has 0 saturated carbocycles. The molecule has 1 saturated heterocycles. The van der Waals surface area contributed by atoms with Crippen LogP contribution in [0.4, 0.5) is 0 Å². The highest BCUT2D eigenvalue weighted by Crippen LogP contribution is 2.27. The zero-order valence-corrected chi connectivity index (χ0v) is 12.7. The van der Waals surface area contributed by atoms with Crippen molar-refractivity contribution in [3.05, 3.63) is 33.8 Å². The van der Waals surface area contributed by atoms with Gasteiger partial charge < -0.3 is 10.6 Å². The minimum atomic E-state index is -0.348. The number of likely N-dealkylation sites (tertiary alicyclic amines) is 1. The Morgan fingerprint density at radius 3 is 2.40 bits per heavy atom. The van der Waals surface area contributed by atoms with Gasteiger partial charge in [0.25, 0.3) is 5.91 Å². The highest BCUT2D eigenvalue weighted by molar-refractivity contribution is 6.34. The van der Waals surface area contributed by atoms with Crippen LogP contribution in [0.3, 0.4) is 0 Å². The quantitative estimate of drug-likeness (QED) is 0.908. The molecule has 2 rings (SSSR count). The summed E-state index contributed by atoms with van der Waals surface area (Å²) in [5, 5.41) is 0.452. The van der Waals surface area contributed by atoms with E-state index in [4.69, 9.17) is 17.3 Å². The van der Waals surface area contributed by atoms with Crippen LogP contribution in [-0.4, -0.2) is 29.8 Å². The topological polar surface area (TPSA) is 63.4 Å². The van der Waals surface area contributed by atoms with Crippen LogP contribution in [0.5, 0.6) is 0 Å². The van der Waals surface area contributed by atoms with Gasteiger partial charge >= 0.3 is 0 Å². The number of amides is 2. The van der Waals surface area contributed by atoms with Crippen LogP contribution in [0.25, 0.3) is 0 Å². The third-order valence-corrected chi connectivity index (χ3v) is 4.39. The summed E-state index contributed by atoms with van der Waals surface area (Å²) < 4.78 is 0. The molecule has 5 heteroatoms. The van der Waals surface area contributed by atoms with Crippen molar-refractivity contribution in [2.75, 3.05) is 13.1 Å². The fraction of sp³-hybridized carbons (Fsp3) is 0.467. The van der Waals surface area contributed by atoms with E-state index in [0.717, 1.165) is 11.1 Å². The Balaban J connectivity index is 2.25. The first kappa shape index (κ1) is 14.9. The van der Waals surface area contributed by atoms with Crippen LogP contribution in [0.15, 0.2) is 12.1 Å². The first-order valence-corrected chi connectivity index (χ1v) is 7.04. The molecule has 0 radical (unpaired) electrons. The van der Waals surface area contributed by atoms with E-state index in [1.165, 1.54) is 0 Å². The van der Waals surface area contributed by atoms with E-state index in [0.29, 0.717) is 23.7 Å². The molecule has 0 spiro atoms. The molecule has 1 aliphatic rings. The van der Waals surface area contributed by atoms with Gasteiger partial charge in [0, 0.05) is 13.1 Å². The second kappa shape index (κ2) is 5.44. The number of aryl methyl sites for hydroxylation is 2. The first-order valence-electron chi connectivity index (χ1n) is 6.66. The number of hydrogen-bond acceptors (Lipinski definition) is 2. The van der Waals surface area contributed by atoms with Crippen LogP contribution in [0.1, 0.15) is 28.4 Å². The number of carbonyl (C=O) groups excluding carboxylic acids is 2. The molecule has 1 aromatic rings. The monoisotopic (exact) mass is 294 g/mol. The van der Waals surface area contributed by atoms with Crippen molar-refractivity contribution in [2.45, 2.75) is 20.8 Å². The molecule has 20 heavy (non-hydrogen) atoms. The lowest BCUT2D eigenvalue weighted by atomic mass is 9.98. The van der Waals surface area contributed by atoms with Crippen molar-refractivity contribution in [3.63, 3.8) is 0 Å². The molecule has 1 fully saturated rings. The number of nitrogens with two attached hydrogens (primary N) is 1. The summed E-state index contributed by atoms with van der Waals surface area (Å²) in [5.41, 5.74) is 7.93. The summed E-state index contributed by atoms with van der Waals surface area (Å²) >= 11 is 6.17. The van der Waals surface area contributed by atoms with E-state index in [1.807, 2.05) is 26.8 Å². The number of hydrogen-bond donors (Lipinski definition) is 1. The number of halogens is 1. The third-order valence-electron chi connectivity index (χ3n) is 4.08. The van der Waals surface area contributed by atoms with Crippen molar-refractivity contribution in [2.24, 2.45) is 17.6 Å². The Bertz CT molecular complexity index is 571. The second-order valence-corrected chi connectivity index (χ2v) is 6.02. The Labute approximate surface area is 123 Å². The predicted octanol–water partition coefficient (Wildman–Crippen LogP) is 2.15. The minimum absolute atomic E-state index is 0.0850. The summed E-state index contributed by atoms with van der Waals surface area (Å²) in [5.74, 6) is -0.668. The number of nitrogens with zero attached hydrogens (tertiary/aromatic N) is 1. The fourth-order valence-corrected chi connectivity index (χ4v) is 2.92. The van der Waals surface area contributed by atoms with Gasteiger partial charge in [-0.25, -0.2) is 0 Å². The number of carbonyl (C=O) groups is 2. The van der Waals surface area contributed by atoms with Crippen molar-refractivity contribution in [1.29, 1.82) is 0 Å². The minimum Gasteiger partial charge on any atom is -0.369 e. The average molecular weight is 295 g/mol. The molecule has 2 amide bonds. The maximum absolute atomic E-state index is 12.5. The number of benzene rings is 1. The van der Waals surface area contributed by atoms with Gasteiger partial charge in [-0.2, -0.15) is 0 Å². The molecule has 4 nitrogen and oxygen atoms in total. The maximum atomic E-state index is 12.5. The Kier molecular flexibility index (Phi) is 4.04. The van der Waals surface area contributed by atoms with Gasteiger partial charge in [-0.3, -0.25) is 9.59 Å². The van der Waals surface area contributed by atoms with Crippen molar-refractivity contribution in [3.8, 4) is 0 Å². The van der Waals surface area contributed by atoms with E-state index >= 15 is 0 Å². The highest BCUT2D eigenvalue weighted by Gasteiger charge is 2.36. The summed E-state index contributed by atoms with van der Waals surface area (Å²) in [6, 6.07) is 3.61. The van der Waals surface area contributed by atoms with Crippen LogP contribution in [-0.2, 0) is 4.79 Å². The van der Waals surface area contributed by atoms with E-state index in [1.54, 1.807) is 11.0 Å². The first-order chi connectivity index (χ1) is 9.31. The van der Waals surface area contributed by atoms with Gasteiger partial charge in [0.05, 0.1) is 16.5 Å². The molecule has 0 unspecified atom stereocenters. The van der Waals surface area contributed by atoms with Gasteiger partial charge in [-0.05, 0) is 43.0 Å². The summed E-state index contributed by atoms with van der Waals surface area (Å²) in [6.45, 7) is 6.75. The molecule has 1 heterocycles. The normalized spacial score (nSPS) is 22.1. The smallest absolute Gasteiger partial charge is 0.255 e. The van der Waals surface area contributed by atoms with Gasteiger partial charge in [0.1, 0.15) is 0 Å². The van der Waals surface area contributed by atoms with Gasteiger partial charge in [0.15, 0.2) is 0 Å².